The van der Waals surface area contributed by atoms with E-state index in [4.69, 9.17) is 5.73 Å². The lowest BCUT2D eigenvalue weighted by Gasteiger charge is -2.17. The Morgan fingerprint density at radius 1 is 0.737 bits per heavy atom. The SMILES string of the molecule is CCCCCCCCCCNC(CCN)CCCC. The average Bonchev–Trinajstić information content (AvgIpc) is 2.42. The summed E-state index contributed by atoms with van der Waals surface area (Å²) in [6.07, 6.45) is 16.3. The molecule has 0 bridgehead atoms. The normalized spacial score (nSPS) is 12.8. The third kappa shape index (κ3) is 14.1. The standard InChI is InChI=1S/C17H38N2/c1-3-5-7-8-9-10-11-12-16-19-17(14-15-18)13-6-4-2/h17,19H,3-16,18H2,1-2H3. The summed E-state index contributed by atoms with van der Waals surface area (Å²) in [6.45, 7) is 6.54. The van der Waals surface area contributed by atoms with Crippen LogP contribution >= 0.6 is 0 Å². The molecule has 2 heteroatoms. The Balaban J connectivity index is 3.29. The van der Waals surface area contributed by atoms with Gasteiger partial charge in [0.25, 0.3) is 0 Å². The van der Waals surface area contributed by atoms with E-state index in [0.717, 1.165) is 13.0 Å². The molecule has 0 aliphatic rings. The van der Waals surface area contributed by atoms with E-state index in [1.807, 2.05) is 0 Å². The Kier molecular flexibility index (Phi) is 15.9. The Morgan fingerprint density at radius 3 is 1.89 bits per heavy atom. The zero-order chi connectivity index (χ0) is 14.2. The molecule has 2 nitrogen and oxygen atoms in total. The highest BCUT2D eigenvalue weighted by Crippen LogP contribution is 2.08. The van der Waals surface area contributed by atoms with Gasteiger partial charge >= 0.3 is 0 Å². The van der Waals surface area contributed by atoms with Crippen LogP contribution in [0.25, 0.3) is 0 Å². The van der Waals surface area contributed by atoms with Gasteiger partial charge in [0.1, 0.15) is 0 Å². The molecule has 0 aromatic rings. The third-order valence-corrected chi connectivity index (χ3v) is 3.88. The first-order chi connectivity index (χ1) is 9.35. The topological polar surface area (TPSA) is 38.0 Å². The zero-order valence-corrected chi connectivity index (χ0v) is 13.6. The fraction of sp³-hybridized carbons (Fsp3) is 1.00. The van der Waals surface area contributed by atoms with Crippen LogP contribution in [-0.2, 0) is 0 Å². The molecule has 0 spiro atoms. The molecule has 0 radical (unpaired) electrons. The monoisotopic (exact) mass is 270 g/mol. The first-order valence-electron chi connectivity index (χ1n) is 8.78. The van der Waals surface area contributed by atoms with E-state index >= 15 is 0 Å². The smallest absolute Gasteiger partial charge is 0.00790 e. The van der Waals surface area contributed by atoms with E-state index < -0.39 is 0 Å². The number of rotatable bonds is 15. The summed E-state index contributed by atoms with van der Waals surface area (Å²) >= 11 is 0. The van der Waals surface area contributed by atoms with Crippen LogP contribution in [-0.4, -0.2) is 19.1 Å². The molecule has 0 fully saturated rings. The van der Waals surface area contributed by atoms with E-state index in [-0.39, 0.29) is 0 Å². The molecule has 116 valence electrons. The number of unbranched alkanes of at least 4 members (excludes halogenated alkanes) is 8. The second-order valence-corrected chi connectivity index (χ2v) is 5.85. The number of hydrogen-bond acceptors (Lipinski definition) is 2. The van der Waals surface area contributed by atoms with E-state index in [9.17, 15) is 0 Å². The van der Waals surface area contributed by atoms with E-state index in [0.29, 0.717) is 6.04 Å². The summed E-state index contributed by atoms with van der Waals surface area (Å²) in [5.74, 6) is 0. The van der Waals surface area contributed by atoms with E-state index in [1.54, 1.807) is 0 Å². The van der Waals surface area contributed by atoms with Crippen LogP contribution in [0.4, 0.5) is 0 Å². The van der Waals surface area contributed by atoms with Gasteiger partial charge in [-0.2, -0.15) is 0 Å². The maximum Gasteiger partial charge on any atom is 0.00790 e. The van der Waals surface area contributed by atoms with Crippen molar-refractivity contribution < 1.29 is 0 Å². The minimum absolute atomic E-state index is 0.662. The van der Waals surface area contributed by atoms with Gasteiger partial charge in [-0.05, 0) is 32.4 Å². The molecule has 19 heavy (non-hydrogen) atoms. The lowest BCUT2D eigenvalue weighted by molar-refractivity contribution is 0.433. The van der Waals surface area contributed by atoms with Crippen molar-refractivity contribution in [2.45, 2.75) is 96.9 Å². The summed E-state index contributed by atoms with van der Waals surface area (Å²) in [7, 11) is 0. The van der Waals surface area contributed by atoms with Crippen LogP contribution in [0.2, 0.25) is 0 Å². The summed E-state index contributed by atoms with van der Waals surface area (Å²) in [6, 6.07) is 0.662. The zero-order valence-electron chi connectivity index (χ0n) is 13.6. The van der Waals surface area contributed by atoms with Crippen LogP contribution in [0.3, 0.4) is 0 Å². The van der Waals surface area contributed by atoms with Crippen LogP contribution in [0.15, 0.2) is 0 Å². The fourth-order valence-corrected chi connectivity index (χ4v) is 2.57. The van der Waals surface area contributed by atoms with Gasteiger partial charge < -0.3 is 11.1 Å². The van der Waals surface area contributed by atoms with Gasteiger partial charge in [0.2, 0.25) is 0 Å². The summed E-state index contributed by atoms with van der Waals surface area (Å²) in [5, 5.41) is 3.69. The Morgan fingerprint density at radius 2 is 1.32 bits per heavy atom. The molecule has 0 saturated heterocycles. The van der Waals surface area contributed by atoms with Gasteiger partial charge in [-0.3, -0.25) is 0 Å². The van der Waals surface area contributed by atoms with Gasteiger partial charge in [-0.15, -0.1) is 0 Å². The highest BCUT2D eigenvalue weighted by atomic mass is 14.9. The predicted molar refractivity (Wildman–Crippen MR) is 87.6 cm³/mol. The highest BCUT2D eigenvalue weighted by Gasteiger charge is 2.05. The number of nitrogens with one attached hydrogen (secondary N) is 1. The third-order valence-electron chi connectivity index (χ3n) is 3.88. The van der Waals surface area contributed by atoms with Crippen molar-refractivity contribution in [1.29, 1.82) is 0 Å². The van der Waals surface area contributed by atoms with Crippen molar-refractivity contribution in [2.75, 3.05) is 13.1 Å². The molecule has 0 aliphatic carbocycles. The van der Waals surface area contributed by atoms with Crippen molar-refractivity contribution in [3.05, 3.63) is 0 Å². The number of nitrogens with two attached hydrogens (primary N) is 1. The highest BCUT2D eigenvalue weighted by molar-refractivity contribution is 4.67. The molecule has 3 N–H and O–H groups in total. The second-order valence-electron chi connectivity index (χ2n) is 5.85. The van der Waals surface area contributed by atoms with Gasteiger partial charge in [0, 0.05) is 6.04 Å². The van der Waals surface area contributed by atoms with Crippen molar-refractivity contribution in [3.8, 4) is 0 Å². The molecule has 0 aromatic carbocycles. The average molecular weight is 271 g/mol. The summed E-state index contributed by atoms with van der Waals surface area (Å²) in [4.78, 5) is 0. The van der Waals surface area contributed by atoms with Crippen LogP contribution < -0.4 is 11.1 Å². The molecule has 0 saturated carbocycles. The molecule has 1 unspecified atom stereocenters. The summed E-state index contributed by atoms with van der Waals surface area (Å²) < 4.78 is 0. The first-order valence-corrected chi connectivity index (χ1v) is 8.78. The van der Waals surface area contributed by atoms with Crippen LogP contribution in [0, 0.1) is 0 Å². The van der Waals surface area contributed by atoms with Crippen molar-refractivity contribution in [2.24, 2.45) is 5.73 Å². The Labute approximate surface area is 121 Å². The Hall–Kier alpha value is -0.0800. The first kappa shape index (κ1) is 18.9. The lowest BCUT2D eigenvalue weighted by Crippen LogP contribution is -2.32. The quantitative estimate of drug-likeness (QED) is 0.426. The molecule has 0 heterocycles. The number of hydrogen-bond donors (Lipinski definition) is 2. The largest absolute Gasteiger partial charge is 0.330 e. The van der Waals surface area contributed by atoms with Crippen LogP contribution in [0.1, 0.15) is 90.9 Å². The van der Waals surface area contributed by atoms with Gasteiger partial charge in [-0.25, -0.2) is 0 Å². The molecule has 0 amide bonds. The molecular weight excluding hydrogens is 232 g/mol. The molecule has 0 aromatic heterocycles. The van der Waals surface area contributed by atoms with Gasteiger partial charge in [0.15, 0.2) is 0 Å². The van der Waals surface area contributed by atoms with E-state index in [1.165, 1.54) is 77.2 Å². The lowest BCUT2D eigenvalue weighted by atomic mass is 10.1. The predicted octanol–water partition coefficient (Wildman–Crippen LogP) is 4.62. The molecule has 0 rings (SSSR count). The van der Waals surface area contributed by atoms with Crippen LogP contribution in [0.5, 0.6) is 0 Å². The van der Waals surface area contributed by atoms with Gasteiger partial charge in [-0.1, -0.05) is 71.6 Å². The molecular formula is C17H38N2. The maximum atomic E-state index is 5.67. The fourth-order valence-electron chi connectivity index (χ4n) is 2.57. The summed E-state index contributed by atoms with van der Waals surface area (Å²) in [5.41, 5.74) is 5.67. The van der Waals surface area contributed by atoms with Crippen molar-refractivity contribution in [3.63, 3.8) is 0 Å². The van der Waals surface area contributed by atoms with E-state index in [2.05, 4.69) is 19.2 Å². The second kappa shape index (κ2) is 16.0. The Bertz CT molecular complexity index is 159. The molecule has 0 aliphatic heterocycles. The van der Waals surface area contributed by atoms with Crippen molar-refractivity contribution in [1.82, 2.24) is 5.32 Å². The minimum atomic E-state index is 0.662. The minimum Gasteiger partial charge on any atom is -0.330 e. The maximum absolute atomic E-state index is 5.67. The van der Waals surface area contributed by atoms with Crippen molar-refractivity contribution >= 4 is 0 Å². The van der Waals surface area contributed by atoms with Gasteiger partial charge in [0.05, 0.1) is 0 Å². The molecule has 1 atom stereocenters.